The van der Waals surface area contributed by atoms with E-state index < -0.39 is 16.0 Å². The zero-order chi connectivity index (χ0) is 16.3. The molecule has 22 heavy (non-hydrogen) atoms. The Morgan fingerprint density at radius 2 is 1.95 bits per heavy atom. The number of anilines is 1. The van der Waals surface area contributed by atoms with Gasteiger partial charge >= 0.3 is 5.97 Å². The highest BCUT2D eigenvalue weighted by Gasteiger charge is 2.17. The van der Waals surface area contributed by atoms with Gasteiger partial charge in [0, 0.05) is 6.07 Å². The highest BCUT2D eigenvalue weighted by Crippen LogP contribution is 2.28. The lowest BCUT2D eigenvalue weighted by Crippen LogP contribution is -2.14. The number of ether oxygens (including phenoxy) is 1. The van der Waals surface area contributed by atoms with Gasteiger partial charge in [0.25, 0.3) is 10.0 Å². The van der Waals surface area contributed by atoms with Crippen LogP contribution < -0.4 is 9.46 Å². The van der Waals surface area contributed by atoms with Crippen molar-refractivity contribution in [3.63, 3.8) is 0 Å². The lowest BCUT2D eigenvalue weighted by Gasteiger charge is -2.11. The van der Waals surface area contributed by atoms with Gasteiger partial charge in [-0.25, -0.2) is 13.2 Å². The van der Waals surface area contributed by atoms with Crippen molar-refractivity contribution in [2.45, 2.75) is 4.90 Å². The SMILES string of the molecule is COc1ccc(NS(=O)(=O)c2cccc(C(=O)O)c2)c(Cl)c1. The Labute approximate surface area is 132 Å². The zero-order valence-corrected chi connectivity index (χ0v) is 13.0. The second kappa shape index (κ2) is 6.25. The van der Waals surface area contributed by atoms with Crippen molar-refractivity contribution in [1.82, 2.24) is 0 Å². The Balaban J connectivity index is 2.35. The first-order valence-electron chi connectivity index (χ1n) is 6.03. The third-order valence-electron chi connectivity index (χ3n) is 2.81. The maximum Gasteiger partial charge on any atom is 0.335 e. The topological polar surface area (TPSA) is 92.7 Å². The number of benzene rings is 2. The van der Waals surface area contributed by atoms with E-state index in [4.69, 9.17) is 21.4 Å². The summed E-state index contributed by atoms with van der Waals surface area (Å²) in [5.74, 6) is -0.722. The van der Waals surface area contributed by atoms with Crippen molar-refractivity contribution in [2.75, 3.05) is 11.8 Å². The quantitative estimate of drug-likeness (QED) is 0.872. The van der Waals surface area contributed by atoms with E-state index in [9.17, 15) is 13.2 Å². The number of hydrogen-bond acceptors (Lipinski definition) is 4. The summed E-state index contributed by atoms with van der Waals surface area (Å²) in [7, 11) is -2.48. The Morgan fingerprint density at radius 3 is 2.55 bits per heavy atom. The molecule has 0 aliphatic rings. The van der Waals surface area contributed by atoms with Gasteiger partial charge in [-0.2, -0.15) is 0 Å². The van der Waals surface area contributed by atoms with Gasteiger partial charge < -0.3 is 9.84 Å². The van der Waals surface area contributed by atoms with E-state index in [1.54, 1.807) is 6.07 Å². The highest BCUT2D eigenvalue weighted by atomic mass is 35.5. The number of methoxy groups -OCH3 is 1. The predicted molar refractivity (Wildman–Crippen MR) is 82.2 cm³/mol. The van der Waals surface area contributed by atoms with Crippen LogP contribution in [0.1, 0.15) is 10.4 Å². The number of rotatable bonds is 5. The van der Waals surface area contributed by atoms with Crippen LogP contribution in [0.3, 0.4) is 0 Å². The van der Waals surface area contributed by atoms with Gasteiger partial charge in [0.1, 0.15) is 5.75 Å². The van der Waals surface area contributed by atoms with E-state index in [2.05, 4.69) is 4.72 Å². The summed E-state index contributed by atoms with van der Waals surface area (Å²) in [5.41, 5.74) is 0.0481. The average Bonchev–Trinajstić information content (AvgIpc) is 2.49. The smallest absolute Gasteiger partial charge is 0.335 e. The van der Waals surface area contributed by atoms with Crippen LogP contribution in [0.15, 0.2) is 47.4 Å². The summed E-state index contributed by atoms with van der Waals surface area (Å²) in [4.78, 5) is 10.7. The van der Waals surface area contributed by atoms with Gasteiger partial charge in [-0.05, 0) is 30.3 Å². The molecule has 0 aliphatic heterocycles. The Hall–Kier alpha value is -2.25. The second-order valence-corrected chi connectivity index (χ2v) is 6.37. The largest absolute Gasteiger partial charge is 0.497 e. The lowest BCUT2D eigenvalue weighted by molar-refractivity contribution is 0.0696. The van der Waals surface area contributed by atoms with Gasteiger partial charge in [-0.3, -0.25) is 4.72 Å². The average molecular weight is 342 g/mol. The summed E-state index contributed by atoms with van der Waals surface area (Å²) >= 11 is 5.98. The molecule has 0 spiro atoms. The van der Waals surface area contributed by atoms with Crippen molar-refractivity contribution >= 4 is 33.3 Å². The highest BCUT2D eigenvalue weighted by molar-refractivity contribution is 7.92. The number of hydrogen-bond donors (Lipinski definition) is 2. The minimum absolute atomic E-state index is 0.122. The van der Waals surface area contributed by atoms with Crippen LogP contribution in [-0.4, -0.2) is 26.6 Å². The molecule has 2 aromatic rings. The number of nitrogens with one attached hydrogen (secondary N) is 1. The number of sulfonamides is 1. The summed E-state index contributed by atoms with van der Waals surface area (Å²) in [6, 6.07) is 9.51. The van der Waals surface area contributed by atoms with E-state index in [0.717, 1.165) is 6.07 Å². The molecule has 0 saturated carbocycles. The Kier molecular flexibility index (Phi) is 4.58. The number of carbonyl (C=O) groups is 1. The molecular formula is C14H12ClNO5S. The van der Waals surface area contributed by atoms with Gasteiger partial charge in [-0.15, -0.1) is 0 Å². The predicted octanol–water partition coefficient (Wildman–Crippen LogP) is 2.85. The first-order chi connectivity index (χ1) is 10.3. The van der Waals surface area contributed by atoms with E-state index in [1.165, 1.54) is 37.4 Å². The monoisotopic (exact) mass is 341 g/mol. The van der Waals surface area contributed by atoms with Crippen molar-refractivity contribution < 1.29 is 23.1 Å². The Bertz CT molecular complexity index is 820. The van der Waals surface area contributed by atoms with Crippen molar-refractivity contribution in [3.05, 3.63) is 53.1 Å². The summed E-state index contributed by atoms with van der Waals surface area (Å²) in [5, 5.41) is 9.08. The molecule has 6 nitrogen and oxygen atoms in total. The molecular weight excluding hydrogens is 330 g/mol. The van der Waals surface area contributed by atoms with Crippen LogP contribution in [0.4, 0.5) is 5.69 Å². The summed E-state index contributed by atoms with van der Waals surface area (Å²) in [6.45, 7) is 0. The van der Waals surface area contributed by atoms with E-state index >= 15 is 0 Å². The van der Waals surface area contributed by atoms with E-state index in [-0.39, 0.29) is 21.2 Å². The molecule has 0 amide bonds. The number of aromatic carboxylic acids is 1. The first kappa shape index (κ1) is 16.1. The molecule has 8 heteroatoms. The summed E-state index contributed by atoms with van der Waals surface area (Å²) < 4.78 is 31.9. The normalized spacial score (nSPS) is 11.0. The molecule has 116 valence electrons. The molecule has 0 unspecified atom stereocenters. The number of halogens is 1. The molecule has 0 aromatic heterocycles. The van der Waals surface area contributed by atoms with Crippen LogP contribution in [-0.2, 0) is 10.0 Å². The van der Waals surface area contributed by atoms with E-state index in [0.29, 0.717) is 5.75 Å². The second-order valence-electron chi connectivity index (χ2n) is 4.28. The maximum atomic E-state index is 12.3. The van der Waals surface area contributed by atoms with Crippen molar-refractivity contribution in [2.24, 2.45) is 0 Å². The van der Waals surface area contributed by atoms with Gasteiger partial charge in [0.2, 0.25) is 0 Å². The first-order valence-corrected chi connectivity index (χ1v) is 7.89. The Morgan fingerprint density at radius 1 is 1.23 bits per heavy atom. The fraction of sp³-hybridized carbons (Fsp3) is 0.0714. The molecule has 0 saturated heterocycles. The van der Waals surface area contributed by atoms with Crippen LogP contribution in [0.5, 0.6) is 5.75 Å². The van der Waals surface area contributed by atoms with E-state index in [1.807, 2.05) is 0 Å². The minimum atomic E-state index is -3.95. The van der Waals surface area contributed by atoms with Crippen molar-refractivity contribution in [3.8, 4) is 5.75 Å². The fourth-order valence-corrected chi connectivity index (χ4v) is 3.10. The molecule has 0 radical (unpaired) electrons. The third-order valence-corrected chi connectivity index (χ3v) is 4.49. The molecule has 0 bridgehead atoms. The van der Waals surface area contributed by atoms with Gasteiger partial charge in [0.15, 0.2) is 0 Å². The van der Waals surface area contributed by atoms with Gasteiger partial charge in [0.05, 0.1) is 28.3 Å². The molecule has 2 rings (SSSR count). The molecule has 0 atom stereocenters. The third kappa shape index (κ3) is 3.49. The van der Waals surface area contributed by atoms with Gasteiger partial charge in [-0.1, -0.05) is 17.7 Å². The standard InChI is InChI=1S/C14H12ClNO5S/c1-21-10-5-6-13(12(15)8-10)16-22(19,20)11-4-2-3-9(7-11)14(17)18/h2-8,16H,1H3,(H,17,18). The van der Waals surface area contributed by atoms with Crippen LogP contribution in [0, 0.1) is 0 Å². The maximum absolute atomic E-state index is 12.3. The zero-order valence-electron chi connectivity index (χ0n) is 11.4. The van der Waals surface area contributed by atoms with Crippen LogP contribution in [0.2, 0.25) is 5.02 Å². The number of carboxylic acid groups (broad SMARTS) is 1. The molecule has 0 fully saturated rings. The number of carboxylic acids is 1. The molecule has 0 aliphatic carbocycles. The molecule has 2 aromatic carbocycles. The lowest BCUT2D eigenvalue weighted by atomic mass is 10.2. The summed E-state index contributed by atoms with van der Waals surface area (Å²) in [6.07, 6.45) is 0. The fourth-order valence-electron chi connectivity index (χ4n) is 1.71. The van der Waals surface area contributed by atoms with Crippen LogP contribution in [0.25, 0.3) is 0 Å². The van der Waals surface area contributed by atoms with Crippen LogP contribution >= 0.6 is 11.6 Å². The molecule has 2 N–H and O–H groups in total. The molecule has 0 heterocycles. The minimum Gasteiger partial charge on any atom is -0.497 e. The van der Waals surface area contributed by atoms with Crippen molar-refractivity contribution in [1.29, 1.82) is 0 Å².